The van der Waals surface area contributed by atoms with Crippen LogP contribution in [-0.2, 0) is 0 Å². The molecule has 238 valence electrons. The average molecular weight is 652 g/mol. The monoisotopic (exact) mass is 651 g/mol. The molecule has 1 aliphatic rings. The number of ether oxygens (including phenoxy) is 1. The number of benzene rings is 3. The number of carbonyl (C=O) groups is 1. The number of alkyl halides is 3. The van der Waals surface area contributed by atoms with Gasteiger partial charge in [0.25, 0.3) is 0 Å². The Kier molecular flexibility index (Phi) is 9.62. The fourth-order valence-corrected chi connectivity index (χ4v) is 6.13. The number of anilines is 1. The van der Waals surface area contributed by atoms with Gasteiger partial charge in [0, 0.05) is 23.0 Å². The number of nitrogens with zero attached hydrogens (tertiary/aromatic N) is 6. The van der Waals surface area contributed by atoms with Gasteiger partial charge in [0.2, 0.25) is 0 Å². The summed E-state index contributed by atoms with van der Waals surface area (Å²) in [7, 11) is 0. The van der Waals surface area contributed by atoms with Crippen LogP contribution in [0.5, 0.6) is 5.75 Å². The van der Waals surface area contributed by atoms with Crippen molar-refractivity contribution in [3.05, 3.63) is 90.0 Å². The summed E-state index contributed by atoms with van der Waals surface area (Å²) in [6.45, 7) is 5.99. The molecule has 0 spiro atoms. The largest absolute Gasteiger partial charge is 0.573 e. The van der Waals surface area contributed by atoms with Gasteiger partial charge in [0.15, 0.2) is 11.0 Å². The number of rotatable bonds is 7. The van der Waals surface area contributed by atoms with E-state index in [1.807, 2.05) is 25.7 Å². The fraction of sp³-hybridized carbons (Fsp3) is 0.281. The van der Waals surface area contributed by atoms with Crippen LogP contribution in [0.25, 0.3) is 17.1 Å². The Labute approximate surface area is 266 Å². The molecule has 4 aromatic rings. The maximum Gasteiger partial charge on any atom is 0.573 e. The molecule has 3 aromatic carbocycles. The Hall–Kier alpha value is -4.90. The molecule has 1 N–H and O–H groups in total. The van der Waals surface area contributed by atoms with Crippen molar-refractivity contribution in [2.45, 2.75) is 51.6 Å². The Balaban J connectivity index is 1.29. The number of amidine groups is 1. The quantitative estimate of drug-likeness (QED) is 0.204. The second kappa shape index (κ2) is 13.6. The second-order valence-electron chi connectivity index (χ2n) is 10.8. The average Bonchev–Trinajstić information content (AvgIpc) is 3.50. The third kappa shape index (κ3) is 7.66. The summed E-state index contributed by atoms with van der Waals surface area (Å²) < 4.78 is 56.7. The molecule has 46 heavy (non-hydrogen) atoms. The second-order valence-corrected chi connectivity index (χ2v) is 11.9. The van der Waals surface area contributed by atoms with Gasteiger partial charge in [0.1, 0.15) is 23.9 Å². The number of nitriles is 1. The number of urea groups is 1. The van der Waals surface area contributed by atoms with E-state index in [4.69, 9.17) is 0 Å². The van der Waals surface area contributed by atoms with E-state index in [1.165, 1.54) is 59.2 Å². The van der Waals surface area contributed by atoms with Gasteiger partial charge in [-0.2, -0.15) is 10.3 Å². The lowest BCUT2D eigenvalue weighted by atomic mass is 9.99. The molecule has 2 unspecified atom stereocenters. The molecule has 9 nitrogen and oxygen atoms in total. The third-order valence-electron chi connectivity index (χ3n) is 7.21. The minimum Gasteiger partial charge on any atom is -0.406 e. The number of carbonyl (C=O) groups excluding carboxylic acids is 1. The number of aromatic nitrogens is 3. The molecule has 1 aromatic heterocycles. The lowest BCUT2D eigenvalue weighted by molar-refractivity contribution is -0.274. The van der Waals surface area contributed by atoms with E-state index >= 15 is 0 Å². The molecule has 1 fully saturated rings. The summed E-state index contributed by atoms with van der Waals surface area (Å²) in [5.74, 6) is 0.461. The van der Waals surface area contributed by atoms with Crippen molar-refractivity contribution < 1.29 is 27.1 Å². The Morgan fingerprint density at radius 1 is 1.13 bits per heavy atom. The highest BCUT2D eigenvalue weighted by atomic mass is 32.2. The van der Waals surface area contributed by atoms with E-state index in [2.05, 4.69) is 31.2 Å². The number of nitrogens with one attached hydrogen (secondary N) is 1. The van der Waals surface area contributed by atoms with Crippen molar-refractivity contribution in [3.63, 3.8) is 0 Å². The van der Waals surface area contributed by atoms with Gasteiger partial charge in [0.05, 0.1) is 11.8 Å². The number of amides is 2. The summed E-state index contributed by atoms with van der Waals surface area (Å²) in [4.78, 5) is 23.6. The number of hydrogen-bond acceptors (Lipinski definition) is 6. The van der Waals surface area contributed by atoms with Crippen LogP contribution in [0.1, 0.15) is 50.3 Å². The van der Waals surface area contributed by atoms with Crippen LogP contribution in [0.3, 0.4) is 0 Å². The van der Waals surface area contributed by atoms with E-state index < -0.39 is 18.4 Å². The fourth-order valence-electron chi connectivity index (χ4n) is 4.92. The summed E-state index contributed by atoms with van der Waals surface area (Å²) in [6, 6.07) is 17.0. The van der Waals surface area contributed by atoms with E-state index in [0.29, 0.717) is 27.8 Å². The topological polar surface area (TPSA) is 108 Å². The van der Waals surface area contributed by atoms with Crippen LogP contribution in [0.4, 0.5) is 28.0 Å². The zero-order chi connectivity index (χ0) is 33.0. The summed E-state index contributed by atoms with van der Waals surface area (Å²) in [6.07, 6.45) is -2.51. The molecule has 2 atom stereocenters. The molecule has 0 radical (unpaired) electrons. The Bertz CT molecular complexity index is 1770. The minimum atomic E-state index is -4.79. The van der Waals surface area contributed by atoms with Crippen molar-refractivity contribution in [2.75, 3.05) is 10.7 Å². The van der Waals surface area contributed by atoms with Crippen molar-refractivity contribution in [2.24, 2.45) is 4.99 Å². The first-order chi connectivity index (χ1) is 21.9. The van der Waals surface area contributed by atoms with Crippen molar-refractivity contribution >= 4 is 28.6 Å². The SMILES string of the molecule is CC(C)c1cc(F)ccc1N1/C(=N/C(=O)NC(C#N)c2ccc(-c3ncn(-c4ccc(OC(F)(F)F)cc4)n3)cc2)SCCC1C. The highest BCUT2D eigenvalue weighted by Crippen LogP contribution is 2.35. The maximum atomic E-state index is 14.1. The molecule has 14 heteroatoms. The van der Waals surface area contributed by atoms with Gasteiger partial charge in [-0.3, -0.25) is 0 Å². The lowest BCUT2D eigenvalue weighted by Gasteiger charge is -2.37. The van der Waals surface area contributed by atoms with E-state index in [1.54, 1.807) is 30.3 Å². The van der Waals surface area contributed by atoms with Crippen LogP contribution >= 0.6 is 11.8 Å². The van der Waals surface area contributed by atoms with Crippen molar-refractivity contribution in [3.8, 4) is 28.9 Å². The number of hydrogen-bond donors (Lipinski definition) is 1. The van der Waals surface area contributed by atoms with Gasteiger partial charge in [-0.1, -0.05) is 49.9 Å². The molecular formula is C32H29F4N7O2S. The van der Waals surface area contributed by atoms with Crippen molar-refractivity contribution in [1.29, 1.82) is 5.26 Å². The molecule has 1 aliphatic heterocycles. The third-order valence-corrected chi connectivity index (χ3v) is 8.19. The predicted molar refractivity (Wildman–Crippen MR) is 167 cm³/mol. The van der Waals surface area contributed by atoms with E-state index in [9.17, 15) is 27.6 Å². The van der Waals surface area contributed by atoms with Gasteiger partial charge in [-0.25, -0.2) is 18.9 Å². The molecule has 0 aliphatic carbocycles. The first-order valence-corrected chi connectivity index (χ1v) is 15.3. The van der Waals surface area contributed by atoms with Gasteiger partial charge in [-0.15, -0.1) is 18.3 Å². The highest BCUT2D eigenvalue weighted by molar-refractivity contribution is 8.14. The van der Waals surface area contributed by atoms with Crippen molar-refractivity contribution in [1.82, 2.24) is 20.1 Å². The number of thioether (sulfide) groups is 1. The van der Waals surface area contributed by atoms with Gasteiger partial charge in [-0.05, 0) is 72.9 Å². The standard InChI is InChI=1S/C32H29F4N7O2S/c1-19(2)26-16-23(33)8-13-28(26)43-20(3)14-15-46-31(43)40-30(44)39-27(17-37)21-4-6-22(7-5-21)29-38-18-42(41-29)24-9-11-25(12-10-24)45-32(34,35)36/h4-13,16,18-20,27H,14-15H2,1-3H3,(H,39,44)/b40-31-. The Morgan fingerprint density at radius 3 is 2.50 bits per heavy atom. The molecule has 1 saturated heterocycles. The molecule has 2 amide bonds. The van der Waals surface area contributed by atoms with Crippen LogP contribution in [0.15, 0.2) is 78.0 Å². The number of halogens is 4. The molecule has 0 saturated carbocycles. The van der Waals surface area contributed by atoms with Crippen LogP contribution in [0, 0.1) is 17.1 Å². The van der Waals surface area contributed by atoms with Gasteiger partial charge < -0.3 is 15.0 Å². The first-order valence-electron chi connectivity index (χ1n) is 14.3. The zero-order valence-corrected chi connectivity index (χ0v) is 25.8. The highest BCUT2D eigenvalue weighted by Gasteiger charge is 2.31. The van der Waals surface area contributed by atoms with E-state index in [-0.39, 0.29) is 23.5 Å². The first kappa shape index (κ1) is 32.5. The molecule has 0 bridgehead atoms. The van der Waals surface area contributed by atoms with Gasteiger partial charge >= 0.3 is 12.4 Å². The van der Waals surface area contributed by atoms with Crippen LogP contribution in [0.2, 0.25) is 0 Å². The lowest BCUT2D eigenvalue weighted by Crippen LogP contribution is -2.43. The smallest absolute Gasteiger partial charge is 0.406 e. The minimum absolute atomic E-state index is 0.0231. The summed E-state index contributed by atoms with van der Waals surface area (Å²) in [5.41, 5.74) is 3.21. The summed E-state index contributed by atoms with van der Waals surface area (Å²) in [5, 5.41) is 17.4. The van der Waals surface area contributed by atoms with E-state index in [0.717, 1.165) is 23.4 Å². The Morgan fingerprint density at radius 2 is 1.85 bits per heavy atom. The van der Waals surface area contributed by atoms with Crippen LogP contribution < -0.4 is 15.0 Å². The normalized spacial score (nSPS) is 16.7. The predicted octanol–water partition coefficient (Wildman–Crippen LogP) is 7.76. The summed E-state index contributed by atoms with van der Waals surface area (Å²) >= 11 is 1.43. The molecule has 2 heterocycles. The van der Waals surface area contributed by atoms with Crippen LogP contribution in [-0.4, -0.2) is 44.1 Å². The molecule has 5 rings (SSSR count). The zero-order valence-electron chi connectivity index (χ0n) is 25.0. The number of aliphatic imine (C=N–C) groups is 1. The molecular weight excluding hydrogens is 622 g/mol. The maximum absolute atomic E-state index is 14.1.